The van der Waals surface area contributed by atoms with Crippen molar-refractivity contribution in [2.45, 2.75) is 38.3 Å². The standard InChI is InChI=1S/C20H15ClF5N7O/c1-2-3-6-14-30-13(10-33(14)15-12(20(24,25)26)5-4-7-27-15)16-31-32-18(34-16)19(22,23)17-28-8-11(21)9-29-17/h4-5,7-10H,2-3,6H2,1H3. The summed E-state index contributed by atoms with van der Waals surface area (Å²) in [5.74, 6) is -6.45. The van der Waals surface area contributed by atoms with Gasteiger partial charge in [-0.3, -0.25) is 4.57 Å². The van der Waals surface area contributed by atoms with Gasteiger partial charge in [0.15, 0.2) is 0 Å². The number of hydrogen-bond acceptors (Lipinski definition) is 7. The molecule has 0 atom stereocenters. The highest BCUT2D eigenvalue weighted by Crippen LogP contribution is 2.36. The minimum Gasteiger partial charge on any atom is -0.413 e. The van der Waals surface area contributed by atoms with Crippen molar-refractivity contribution in [3.05, 3.63) is 65.0 Å². The number of pyridine rings is 1. The molecule has 4 aromatic rings. The normalized spacial score (nSPS) is 12.3. The first-order valence-electron chi connectivity index (χ1n) is 9.92. The second-order valence-corrected chi connectivity index (χ2v) is 7.54. The number of halogens is 6. The average Bonchev–Trinajstić information content (AvgIpc) is 3.45. The lowest BCUT2D eigenvalue weighted by molar-refractivity contribution is -0.137. The van der Waals surface area contributed by atoms with E-state index in [2.05, 4.69) is 30.1 Å². The predicted octanol–water partition coefficient (Wildman–Crippen LogP) is 5.26. The van der Waals surface area contributed by atoms with Crippen LogP contribution in [0, 0.1) is 0 Å². The Hall–Kier alpha value is -3.48. The summed E-state index contributed by atoms with van der Waals surface area (Å²) >= 11 is 5.63. The Bertz CT molecular complexity index is 1290. The van der Waals surface area contributed by atoms with Crippen LogP contribution in [-0.2, 0) is 18.5 Å². The van der Waals surface area contributed by atoms with Gasteiger partial charge in [-0.2, -0.15) is 22.0 Å². The molecule has 34 heavy (non-hydrogen) atoms. The van der Waals surface area contributed by atoms with Crippen LogP contribution in [0.2, 0.25) is 5.02 Å². The van der Waals surface area contributed by atoms with Gasteiger partial charge in [0.2, 0.25) is 5.82 Å². The Morgan fingerprint density at radius 2 is 1.79 bits per heavy atom. The first kappa shape index (κ1) is 23.7. The topological polar surface area (TPSA) is 95.4 Å². The van der Waals surface area contributed by atoms with Crippen molar-refractivity contribution in [1.82, 2.24) is 34.7 Å². The van der Waals surface area contributed by atoms with E-state index in [1.165, 1.54) is 18.5 Å². The number of aromatic nitrogens is 7. The number of unbranched alkanes of at least 4 members (excludes halogenated alkanes) is 1. The molecule has 178 valence electrons. The van der Waals surface area contributed by atoms with Crippen LogP contribution < -0.4 is 0 Å². The highest BCUT2D eigenvalue weighted by Gasteiger charge is 2.44. The van der Waals surface area contributed by atoms with E-state index in [0.29, 0.717) is 12.8 Å². The summed E-state index contributed by atoms with van der Waals surface area (Å²) in [6.45, 7) is 1.90. The first-order chi connectivity index (χ1) is 16.1. The fourth-order valence-electron chi connectivity index (χ4n) is 3.05. The Labute approximate surface area is 193 Å². The number of imidazole rings is 1. The van der Waals surface area contributed by atoms with Crippen molar-refractivity contribution in [1.29, 1.82) is 0 Å². The molecule has 14 heteroatoms. The van der Waals surface area contributed by atoms with Gasteiger partial charge in [0.25, 0.3) is 11.8 Å². The van der Waals surface area contributed by atoms with Gasteiger partial charge in [0.1, 0.15) is 17.3 Å². The number of nitrogens with zero attached hydrogens (tertiary/aromatic N) is 7. The fraction of sp³-hybridized carbons (Fsp3) is 0.300. The van der Waals surface area contributed by atoms with Gasteiger partial charge in [-0.1, -0.05) is 24.9 Å². The van der Waals surface area contributed by atoms with Crippen molar-refractivity contribution in [2.75, 3.05) is 0 Å². The van der Waals surface area contributed by atoms with Crippen LogP contribution >= 0.6 is 11.6 Å². The van der Waals surface area contributed by atoms with Crippen molar-refractivity contribution >= 4 is 11.6 Å². The molecule has 0 spiro atoms. The molecule has 8 nitrogen and oxygen atoms in total. The van der Waals surface area contributed by atoms with E-state index in [-0.39, 0.29) is 16.5 Å². The lowest BCUT2D eigenvalue weighted by Gasteiger charge is -2.13. The van der Waals surface area contributed by atoms with Gasteiger partial charge in [-0.05, 0) is 18.6 Å². The maximum absolute atomic E-state index is 14.7. The molecule has 0 aliphatic rings. The molecule has 0 fully saturated rings. The minimum atomic E-state index is -4.67. The van der Waals surface area contributed by atoms with Crippen LogP contribution in [0.3, 0.4) is 0 Å². The zero-order valence-corrected chi connectivity index (χ0v) is 18.1. The Morgan fingerprint density at radius 1 is 1.06 bits per heavy atom. The number of hydrogen-bond donors (Lipinski definition) is 0. The molecule has 0 saturated carbocycles. The molecule has 0 unspecified atom stereocenters. The summed E-state index contributed by atoms with van der Waals surface area (Å²) in [4.78, 5) is 15.1. The molecule has 4 aromatic heterocycles. The summed E-state index contributed by atoms with van der Waals surface area (Å²) in [6, 6.07) is 2.06. The molecule has 0 saturated heterocycles. The zero-order chi connectivity index (χ0) is 24.5. The molecule has 0 bridgehead atoms. The monoisotopic (exact) mass is 499 g/mol. The van der Waals surface area contributed by atoms with E-state index in [1.807, 2.05) is 6.92 Å². The SMILES string of the molecule is CCCCc1nc(-c2nnc(C(F)(F)c3ncc(Cl)cn3)o2)cn1-c1ncccc1C(F)(F)F. The highest BCUT2D eigenvalue weighted by atomic mass is 35.5. The first-order valence-corrected chi connectivity index (χ1v) is 10.3. The third-order valence-electron chi connectivity index (χ3n) is 4.67. The van der Waals surface area contributed by atoms with Crippen molar-refractivity contribution in [2.24, 2.45) is 0 Å². The Kier molecular flexibility index (Phi) is 6.30. The van der Waals surface area contributed by atoms with Crippen LogP contribution in [0.4, 0.5) is 22.0 Å². The number of rotatable bonds is 7. The predicted molar refractivity (Wildman–Crippen MR) is 108 cm³/mol. The third kappa shape index (κ3) is 4.60. The summed E-state index contributed by atoms with van der Waals surface area (Å²) in [5, 5.41) is 7.03. The Balaban J connectivity index is 1.76. The maximum Gasteiger partial charge on any atom is 0.419 e. The fourth-order valence-corrected chi connectivity index (χ4v) is 3.15. The number of aryl methyl sites for hydroxylation is 1. The average molecular weight is 500 g/mol. The molecule has 0 aliphatic carbocycles. The highest BCUT2D eigenvalue weighted by molar-refractivity contribution is 6.30. The quantitative estimate of drug-likeness (QED) is 0.320. The zero-order valence-electron chi connectivity index (χ0n) is 17.4. The lowest BCUT2D eigenvalue weighted by atomic mass is 10.2. The van der Waals surface area contributed by atoms with E-state index < -0.39 is 41.1 Å². The van der Waals surface area contributed by atoms with E-state index >= 15 is 0 Å². The molecule has 0 aliphatic heterocycles. The van der Waals surface area contributed by atoms with Gasteiger partial charge in [-0.15, -0.1) is 10.2 Å². The van der Waals surface area contributed by atoms with Crippen molar-refractivity contribution in [3.8, 4) is 17.4 Å². The second-order valence-electron chi connectivity index (χ2n) is 7.10. The van der Waals surface area contributed by atoms with Crippen LogP contribution in [0.25, 0.3) is 17.4 Å². The summed E-state index contributed by atoms with van der Waals surface area (Å²) in [6.07, 6.45) is 1.38. The smallest absolute Gasteiger partial charge is 0.413 e. The van der Waals surface area contributed by atoms with Gasteiger partial charge in [-0.25, -0.2) is 19.9 Å². The molecule has 4 rings (SSSR count). The Morgan fingerprint density at radius 3 is 2.47 bits per heavy atom. The van der Waals surface area contributed by atoms with E-state index in [1.54, 1.807) is 0 Å². The molecule has 0 aromatic carbocycles. The van der Waals surface area contributed by atoms with Crippen molar-refractivity contribution < 1.29 is 26.4 Å². The molecular weight excluding hydrogens is 485 g/mol. The maximum atomic E-state index is 14.7. The van der Waals surface area contributed by atoms with Gasteiger partial charge >= 0.3 is 12.1 Å². The largest absolute Gasteiger partial charge is 0.419 e. The molecular formula is C20H15ClF5N7O. The second kappa shape index (κ2) is 9.05. The van der Waals surface area contributed by atoms with E-state index in [9.17, 15) is 22.0 Å². The lowest BCUT2D eigenvalue weighted by Crippen LogP contribution is -2.19. The number of alkyl halides is 5. The molecule has 4 heterocycles. The summed E-state index contributed by atoms with van der Waals surface area (Å²) in [5.41, 5.74) is -1.06. The minimum absolute atomic E-state index is 0.0589. The van der Waals surface area contributed by atoms with Gasteiger partial charge in [0, 0.05) is 31.2 Å². The van der Waals surface area contributed by atoms with E-state index in [0.717, 1.165) is 29.4 Å². The molecule has 0 radical (unpaired) electrons. The van der Waals surface area contributed by atoms with Gasteiger partial charge < -0.3 is 4.42 Å². The molecule has 0 N–H and O–H groups in total. The van der Waals surface area contributed by atoms with Crippen LogP contribution in [0.1, 0.15) is 42.9 Å². The molecule has 0 amide bonds. The summed E-state index contributed by atoms with van der Waals surface area (Å²) < 4.78 is 76.4. The van der Waals surface area contributed by atoms with Crippen LogP contribution in [-0.4, -0.2) is 34.7 Å². The van der Waals surface area contributed by atoms with Crippen LogP contribution in [0.5, 0.6) is 0 Å². The van der Waals surface area contributed by atoms with Crippen LogP contribution in [0.15, 0.2) is 41.3 Å². The van der Waals surface area contributed by atoms with E-state index in [4.69, 9.17) is 16.0 Å². The summed E-state index contributed by atoms with van der Waals surface area (Å²) in [7, 11) is 0. The van der Waals surface area contributed by atoms with Gasteiger partial charge in [0.05, 0.1) is 10.6 Å². The van der Waals surface area contributed by atoms with Crippen molar-refractivity contribution in [3.63, 3.8) is 0 Å². The third-order valence-corrected chi connectivity index (χ3v) is 4.86.